The van der Waals surface area contributed by atoms with Gasteiger partial charge in [0.1, 0.15) is 11.5 Å². The Bertz CT molecular complexity index is 330. The van der Waals surface area contributed by atoms with Gasteiger partial charge in [-0.3, -0.25) is 0 Å². The number of rotatable bonds is 2. The van der Waals surface area contributed by atoms with E-state index in [4.69, 9.17) is 10.5 Å². The molecule has 1 rings (SSSR count). The topological polar surface area (TPSA) is 44.5 Å². The molecule has 1 aromatic carbocycles. The molecule has 0 bridgehead atoms. The minimum absolute atomic E-state index is 0. The average Bonchev–Trinajstić information content (AvgIpc) is 2.01. The Hall–Kier alpha value is -1.30. The van der Waals surface area contributed by atoms with Crippen molar-refractivity contribution in [1.82, 2.24) is 0 Å². The molecular weight excluding hydrogens is 235 g/mol. The molecule has 0 fully saturated rings. The van der Waals surface area contributed by atoms with Crippen LogP contribution >= 0.6 is 12.4 Å². The summed E-state index contributed by atoms with van der Waals surface area (Å²) in [6, 6.07) is 3.48. The fourth-order valence-corrected chi connectivity index (χ4v) is 0.910. The highest BCUT2D eigenvalue weighted by molar-refractivity contribution is 5.85. The lowest BCUT2D eigenvalue weighted by atomic mass is 10.3. The number of alkyl halides is 3. The number of methoxy groups -OCH3 is 1. The van der Waals surface area contributed by atoms with E-state index in [0.717, 1.165) is 12.1 Å². The maximum atomic E-state index is 11.8. The van der Waals surface area contributed by atoms with E-state index in [9.17, 15) is 13.2 Å². The van der Waals surface area contributed by atoms with E-state index in [1.807, 2.05) is 0 Å². The molecule has 0 radical (unpaired) electrons. The Balaban J connectivity index is 0.00000196. The Kier molecular flexibility index (Phi) is 4.54. The first kappa shape index (κ1) is 13.7. The third-order valence-electron chi connectivity index (χ3n) is 1.43. The van der Waals surface area contributed by atoms with Crippen molar-refractivity contribution in [3.05, 3.63) is 18.2 Å². The van der Waals surface area contributed by atoms with Crippen molar-refractivity contribution in [1.29, 1.82) is 0 Å². The monoisotopic (exact) mass is 243 g/mol. The molecule has 0 saturated heterocycles. The van der Waals surface area contributed by atoms with E-state index >= 15 is 0 Å². The summed E-state index contributed by atoms with van der Waals surface area (Å²) in [6.45, 7) is 0. The fraction of sp³-hybridized carbons (Fsp3) is 0.250. The largest absolute Gasteiger partial charge is 0.573 e. The predicted octanol–water partition coefficient (Wildman–Crippen LogP) is 2.60. The van der Waals surface area contributed by atoms with E-state index in [0.29, 0.717) is 5.75 Å². The summed E-state index contributed by atoms with van der Waals surface area (Å²) in [5.41, 5.74) is 5.47. The van der Waals surface area contributed by atoms with Gasteiger partial charge in [-0.2, -0.15) is 0 Å². The normalized spacial score (nSPS) is 10.4. The van der Waals surface area contributed by atoms with Gasteiger partial charge >= 0.3 is 6.36 Å². The Labute approximate surface area is 90.4 Å². The maximum Gasteiger partial charge on any atom is 0.573 e. The average molecular weight is 244 g/mol. The first-order valence-electron chi connectivity index (χ1n) is 3.61. The molecule has 0 aliphatic carbocycles. The van der Waals surface area contributed by atoms with Gasteiger partial charge in [0.15, 0.2) is 0 Å². The van der Waals surface area contributed by atoms with E-state index in [1.165, 1.54) is 13.2 Å². The molecule has 2 N–H and O–H groups in total. The molecule has 0 amide bonds. The van der Waals surface area contributed by atoms with Crippen LogP contribution in [-0.2, 0) is 0 Å². The smallest absolute Gasteiger partial charge is 0.495 e. The summed E-state index contributed by atoms with van der Waals surface area (Å²) >= 11 is 0. The van der Waals surface area contributed by atoms with Crippen LogP contribution in [0.5, 0.6) is 11.5 Å². The standard InChI is InChI=1S/C8H8F3NO2.ClH/c1-13-7-3-2-5(4-6(7)12)14-8(9,10)11;/h2-4H,12H2,1H3;1H. The van der Waals surface area contributed by atoms with Gasteiger partial charge < -0.3 is 15.2 Å². The molecule has 0 aliphatic rings. The van der Waals surface area contributed by atoms with Gasteiger partial charge in [0.25, 0.3) is 0 Å². The lowest BCUT2D eigenvalue weighted by Gasteiger charge is -2.10. The van der Waals surface area contributed by atoms with Crippen molar-refractivity contribution < 1.29 is 22.6 Å². The molecule has 86 valence electrons. The van der Waals surface area contributed by atoms with Crippen LogP contribution in [0.25, 0.3) is 0 Å². The number of hydrogen-bond donors (Lipinski definition) is 1. The van der Waals surface area contributed by atoms with Crippen molar-refractivity contribution in [2.45, 2.75) is 6.36 Å². The molecule has 0 heterocycles. The van der Waals surface area contributed by atoms with E-state index < -0.39 is 6.36 Å². The van der Waals surface area contributed by atoms with Gasteiger partial charge in [-0.05, 0) is 12.1 Å². The van der Waals surface area contributed by atoms with Crippen LogP contribution in [0.2, 0.25) is 0 Å². The van der Waals surface area contributed by atoms with Crippen molar-refractivity contribution in [2.24, 2.45) is 0 Å². The number of benzene rings is 1. The molecule has 0 aliphatic heterocycles. The second-order valence-electron chi connectivity index (χ2n) is 2.45. The lowest BCUT2D eigenvalue weighted by Crippen LogP contribution is -2.17. The summed E-state index contributed by atoms with van der Waals surface area (Å²) in [7, 11) is 1.37. The van der Waals surface area contributed by atoms with Gasteiger partial charge in [0.2, 0.25) is 0 Å². The zero-order chi connectivity index (χ0) is 10.8. The van der Waals surface area contributed by atoms with Gasteiger partial charge in [0, 0.05) is 6.07 Å². The zero-order valence-electron chi connectivity index (χ0n) is 7.67. The lowest BCUT2D eigenvalue weighted by molar-refractivity contribution is -0.274. The van der Waals surface area contributed by atoms with Crippen molar-refractivity contribution in [3.63, 3.8) is 0 Å². The molecule has 0 unspecified atom stereocenters. The molecule has 0 atom stereocenters. The highest BCUT2D eigenvalue weighted by Gasteiger charge is 2.31. The van der Waals surface area contributed by atoms with Crippen LogP contribution in [-0.4, -0.2) is 13.5 Å². The fourth-order valence-electron chi connectivity index (χ4n) is 0.910. The van der Waals surface area contributed by atoms with E-state index in [2.05, 4.69) is 4.74 Å². The Morgan fingerprint density at radius 3 is 2.27 bits per heavy atom. The van der Waals surface area contributed by atoms with Crippen LogP contribution < -0.4 is 15.2 Å². The molecule has 0 aromatic heterocycles. The van der Waals surface area contributed by atoms with Crippen molar-refractivity contribution in [2.75, 3.05) is 12.8 Å². The van der Waals surface area contributed by atoms with E-state index in [-0.39, 0.29) is 23.8 Å². The van der Waals surface area contributed by atoms with Crippen LogP contribution in [0.3, 0.4) is 0 Å². The third-order valence-corrected chi connectivity index (χ3v) is 1.43. The Morgan fingerprint density at radius 1 is 1.27 bits per heavy atom. The van der Waals surface area contributed by atoms with Gasteiger partial charge in [-0.15, -0.1) is 25.6 Å². The number of nitrogens with two attached hydrogens (primary N) is 1. The van der Waals surface area contributed by atoms with Crippen molar-refractivity contribution >= 4 is 18.1 Å². The molecule has 3 nitrogen and oxygen atoms in total. The summed E-state index contributed by atoms with van der Waals surface area (Å²) in [6.07, 6.45) is -4.71. The van der Waals surface area contributed by atoms with Gasteiger partial charge in [-0.25, -0.2) is 0 Å². The number of halogens is 4. The number of anilines is 1. The highest BCUT2D eigenvalue weighted by atomic mass is 35.5. The highest BCUT2D eigenvalue weighted by Crippen LogP contribution is 2.29. The first-order chi connectivity index (χ1) is 6.42. The number of hydrogen-bond acceptors (Lipinski definition) is 3. The van der Waals surface area contributed by atoms with Crippen LogP contribution in [0.15, 0.2) is 18.2 Å². The summed E-state index contributed by atoms with van der Waals surface area (Å²) in [5.74, 6) is -0.0599. The number of nitrogen functional groups attached to an aromatic ring is 1. The molecule has 7 heteroatoms. The summed E-state index contributed by atoms with van der Waals surface area (Å²) < 4.78 is 43.7. The third kappa shape index (κ3) is 4.16. The zero-order valence-corrected chi connectivity index (χ0v) is 8.48. The minimum atomic E-state index is -4.71. The first-order valence-corrected chi connectivity index (χ1v) is 3.61. The molecule has 1 aromatic rings. The van der Waals surface area contributed by atoms with Crippen LogP contribution in [0, 0.1) is 0 Å². The predicted molar refractivity (Wildman–Crippen MR) is 51.3 cm³/mol. The quantitative estimate of drug-likeness (QED) is 0.812. The molecule has 0 saturated carbocycles. The summed E-state index contributed by atoms with van der Waals surface area (Å²) in [5, 5.41) is 0. The van der Waals surface area contributed by atoms with Crippen LogP contribution in [0.4, 0.5) is 18.9 Å². The second-order valence-corrected chi connectivity index (χ2v) is 2.45. The van der Waals surface area contributed by atoms with Crippen LogP contribution in [0.1, 0.15) is 0 Å². The molecule has 15 heavy (non-hydrogen) atoms. The number of ether oxygens (including phenoxy) is 2. The molecular formula is C8H9ClF3NO2. The maximum absolute atomic E-state index is 11.8. The molecule has 0 spiro atoms. The van der Waals surface area contributed by atoms with Gasteiger partial charge in [0.05, 0.1) is 12.8 Å². The SMILES string of the molecule is COc1ccc(OC(F)(F)F)cc1N.Cl. The van der Waals surface area contributed by atoms with E-state index in [1.54, 1.807) is 0 Å². The second kappa shape index (κ2) is 4.97. The minimum Gasteiger partial charge on any atom is -0.495 e. The summed E-state index contributed by atoms with van der Waals surface area (Å²) in [4.78, 5) is 0. The van der Waals surface area contributed by atoms with Crippen molar-refractivity contribution in [3.8, 4) is 11.5 Å². The Morgan fingerprint density at radius 2 is 1.87 bits per heavy atom. The van der Waals surface area contributed by atoms with Gasteiger partial charge in [-0.1, -0.05) is 0 Å².